The lowest BCUT2D eigenvalue weighted by molar-refractivity contribution is 0.102. The van der Waals surface area contributed by atoms with Gasteiger partial charge in [-0.2, -0.15) is 0 Å². The van der Waals surface area contributed by atoms with Gasteiger partial charge in [0.1, 0.15) is 5.82 Å². The number of nitrogens with zero attached hydrogens (tertiary/aromatic N) is 2. The molecule has 0 aliphatic carbocycles. The maximum Gasteiger partial charge on any atom is 0.256 e. The van der Waals surface area contributed by atoms with Crippen LogP contribution < -0.4 is 10.2 Å². The molecule has 6 heteroatoms. The highest BCUT2D eigenvalue weighted by Gasteiger charge is 2.22. The zero-order valence-electron chi connectivity index (χ0n) is 16.3. The number of hydrogen-bond donors (Lipinski definition) is 1. The van der Waals surface area contributed by atoms with Crippen LogP contribution in [0.3, 0.4) is 0 Å². The van der Waals surface area contributed by atoms with Crippen molar-refractivity contribution in [2.24, 2.45) is 0 Å². The highest BCUT2D eigenvalue weighted by Crippen LogP contribution is 2.32. The quantitative estimate of drug-likeness (QED) is 0.467. The smallest absolute Gasteiger partial charge is 0.256 e. The van der Waals surface area contributed by atoms with Gasteiger partial charge in [-0.05, 0) is 62.2 Å². The molecule has 1 fully saturated rings. The molecule has 4 rings (SSSR count). The van der Waals surface area contributed by atoms with Crippen molar-refractivity contribution in [1.29, 1.82) is 0 Å². The number of nitrogens with one attached hydrogen (secondary N) is 1. The molecule has 0 radical (unpaired) electrons. The molecule has 0 atom stereocenters. The number of aromatic nitrogens is 1. The Bertz CT molecular complexity index is 1040. The maximum atomic E-state index is 13.3. The molecule has 1 amide bonds. The van der Waals surface area contributed by atoms with E-state index in [1.165, 1.54) is 12.8 Å². The zero-order chi connectivity index (χ0) is 20.4. The molecule has 0 spiro atoms. The number of halogens is 2. The zero-order valence-corrected chi connectivity index (χ0v) is 18.7. The molecular weight excluding hydrogens is 450 g/mol. The molecule has 3 aromatic rings. The van der Waals surface area contributed by atoms with Crippen LogP contribution in [0.5, 0.6) is 0 Å². The number of rotatable bonds is 3. The lowest BCUT2D eigenvalue weighted by atomic mass is 10.0. The lowest BCUT2D eigenvalue weighted by Crippen LogP contribution is -2.27. The Morgan fingerprint density at radius 2 is 1.76 bits per heavy atom. The molecule has 0 unspecified atom stereocenters. The first-order valence-corrected chi connectivity index (χ1v) is 11.1. The van der Waals surface area contributed by atoms with Crippen LogP contribution in [0.25, 0.3) is 10.9 Å². The van der Waals surface area contributed by atoms with Gasteiger partial charge < -0.3 is 10.2 Å². The Kier molecular flexibility index (Phi) is 6.07. The van der Waals surface area contributed by atoms with E-state index in [9.17, 15) is 4.79 Å². The van der Waals surface area contributed by atoms with Crippen molar-refractivity contribution in [3.05, 3.63) is 63.1 Å². The second-order valence-corrected chi connectivity index (χ2v) is 8.81. The van der Waals surface area contributed by atoms with Gasteiger partial charge in [0, 0.05) is 39.2 Å². The first kappa shape index (κ1) is 20.2. The van der Waals surface area contributed by atoms with E-state index < -0.39 is 0 Å². The highest BCUT2D eigenvalue weighted by atomic mass is 79.9. The van der Waals surface area contributed by atoms with Gasteiger partial charge in [0.15, 0.2) is 0 Å². The fraction of sp³-hybridized carbons (Fsp3) is 0.304. The predicted octanol–water partition coefficient (Wildman–Crippen LogP) is 6.59. The summed E-state index contributed by atoms with van der Waals surface area (Å²) in [5, 5.41) is 4.51. The number of carbonyl (C=O) groups excluding carboxylic acids is 1. The molecule has 2 aromatic carbocycles. The third-order valence-corrected chi connectivity index (χ3v) is 6.14. The van der Waals surface area contributed by atoms with E-state index in [0.717, 1.165) is 58.4 Å². The number of amides is 1. The molecule has 0 saturated carbocycles. The van der Waals surface area contributed by atoms with Crippen LogP contribution in [0.2, 0.25) is 5.02 Å². The summed E-state index contributed by atoms with van der Waals surface area (Å²) in [6.07, 6.45) is 4.82. The van der Waals surface area contributed by atoms with Crippen LogP contribution in [0.4, 0.5) is 11.5 Å². The van der Waals surface area contributed by atoms with Crippen LogP contribution in [0, 0.1) is 6.92 Å². The molecule has 1 N–H and O–H groups in total. The fourth-order valence-electron chi connectivity index (χ4n) is 3.93. The van der Waals surface area contributed by atoms with Crippen molar-refractivity contribution in [3.63, 3.8) is 0 Å². The molecule has 150 valence electrons. The maximum absolute atomic E-state index is 13.3. The average Bonchev–Trinajstić information content (AvgIpc) is 2.98. The number of benzene rings is 2. The average molecular weight is 473 g/mol. The summed E-state index contributed by atoms with van der Waals surface area (Å²) in [7, 11) is 0. The lowest BCUT2D eigenvalue weighted by Gasteiger charge is -2.25. The van der Waals surface area contributed by atoms with Crippen LogP contribution >= 0.6 is 27.5 Å². The summed E-state index contributed by atoms with van der Waals surface area (Å²) in [4.78, 5) is 20.6. The standard InChI is InChI=1S/C23H23BrClN3O/c1-15-21(23(29)26-18-9-7-17(25)8-10-18)19-14-16(24)6-11-20(19)27-22(15)28-12-4-2-3-5-13-28/h6-11,14H,2-5,12-13H2,1H3,(H,26,29). The SMILES string of the molecule is Cc1c(N2CCCCCC2)nc2ccc(Br)cc2c1C(=O)Nc1ccc(Cl)cc1. The summed E-state index contributed by atoms with van der Waals surface area (Å²) in [5.41, 5.74) is 3.14. The van der Waals surface area contributed by atoms with Gasteiger partial charge in [-0.25, -0.2) is 4.98 Å². The summed E-state index contributed by atoms with van der Waals surface area (Å²) in [5.74, 6) is 0.786. The Hall–Kier alpha value is -2.11. The fourth-order valence-corrected chi connectivity index (χ4v) is 4.41. The first-order chi connectivity index (χ1) is 14.0. The van der Waals surface area contributed by atoms with Gasteiger partial charge in [-0.1, -0.05) is 40.4 Å². The van der Waals surface area contributed by atoms with E-state index in [4.69, 9.17) is 16.6 Å². The summed E-state index contributed by atoms with van der Waals surface area (Å²) in [6, 6.07) is 13.1. The molecule has 2 heterocycles. The van der Waals surface area contributed by atoms with E-state index >= 15 is 0 Å². The van der Waals surface area contributed by atoms with Gasteiger partial charge in [0.2, 0.25) is 0 Å². The van der Waals surface area contributed by atoms with Crippen LogP contribution in [0.15, 0.2) is 46.9 Å². The van der Waals surface area contributed by atoms with E-state index in [2.05, 4.69) is 26.1 Å². The van der Waals surface area contributed by atoms with Crippen LogP contribution in [-0.4, -0.2) is 24.0 Å². The molecule has 0 bridgehead atoms. The normalized spacial score (nSPS) is 14.7. The monoisotopic (exact) mass is 471 g/mol. The van der Waals surface area contributed by atoms with Crippen molar-refractivity contribution < 1.29 is 4.79 Å². The summed E-state index contributed by atoms with van der Waals surface area (Å²) < 4.78 is 0.925. The number of fused-ring (bicyclic) bond motifs is 1. The van der Waals surface area contributed by atoms with Gasteiger partial charge in [-0.15, -0.1) is 0 Å². The highest BCUT2D eigenvalue weighted by molar-refractivity contribution is 9.10. The molecule has 1 aliphatic heterocycles. The topological polar surface area (TPSA) is 45.2 Å². The molecule has 1 aliphatic rings. The second kappa shape index (κ2) is 8.72. The Morgan fingerprint density at radius 1 is 1.07 bits per heavy atom. The third kappa shape index (κ3) is 4.41. The van der Waals surface area contributed by atoms with Gasteiger partial charge in [-0.3, -0.25) is 4.79 Å². The molecule has 4 nitrogen and oxygen atoms in total. The summed E-state index contributed by atoms with van der Waals surface area (Å²) in [6.45, 7) is 3.96. The Labute approximate surface area is 184 Å². The number of anilines is 2. The van der Waals surface area contributed by atoms with Gasteiger partial charge in [0.25, 0.3) is 5.91 Å². The van der Waals surface area contributed by atoms with E-state index in [1.54, 1.807) is 12.1 Å². The van der Waals surface area contributed by atoms with E-state index in [0.29, 0.717) is 10.6 Å². The Morgan fingerprint density at radius 3 is 2.45 bits per heavy atom. The molecule has 29 heavy (non-hydrogen) atoms. The van der Waals surface area contributed by atoms with Gasteiger partial charge in [0.05, 0.1) is 11.1 Å². The van der Waals surface area contributed by atoms with E-state index in [-0.39, 0.29) is 5.91 Å². The van der Waals surface area contributed by atoms with Crippen molar-refractivity contribution >= 4 is 55.8 Å². The van der Waals surface area contributed by atoms with Crippen molar-refractivity contribution in [2.75, 3.05) is 23.3 Å². The van der Waals surface area contributed by atoms with Crippen molar-refractivity contribution in [2.45, 2.75) is 32.6 Å². The number of pyridine rings is 1. The number of carbonyl (C=O) groups is 1. The van der Waals surface area contributed by atoms with Crippen molar-refractivity contribution in [3.8, 4) is 0 Å². The molecule has 1 aromatic heterocycles. The largest absolute Gasteiger partial charge is 0.356 e. The van der Waals surface area contributed by atoms with Crippen LogP contribution in [-0.2, 0) is 0 Å². The van der Waals surface area contributed by atoms with E-state index in [1.807, 2.05) is 37.3 Å². The van der Waals surface area contributed by atoms with Crippen LogP contribution in [0.1, 0.15) is 41.6 Å². The number of hydrogen-bond acceptors (Lipinski definition) is 3. The molecule has 1 saturated heterocycles. The second-order valence-electron chi connectivity index (χ2n) is 7.46. The minimum absolute atomic E-state index is 0.133. The minimum atomic E-state index is -0.133. The third-order valence-electron chi connectivity index (χ3n) is 5.40. The predicted molar refractivity (Wildman–Crippen MR) is 124 cm³/mol. The molecular formula is C23H23BrClN3O. The van der Waals surface area contributed by atoms with Crippen molar-refractivity contribution in [1.82, 2.24) is 4.98 Å². The minimum Gasteiger partial charge on any atom is -0.356 e. The summed E-state index contributed by atoms with van der Waals surface area (Å²) >= 11 is 9.51. The Balaban J connectivity index is 1.81. The first-order valence-electron chi connectivity index (χ1n) is 9.94. The van der Waals surface area contributed by atoms with Gasteiger partial charge >= 0.3 is 0 Å².